The van der Waals surface area contributed by atoms with Crippen LogP contribution < -0.4 is 5.63 Å². The Bertz CT molecular complexity index is 705. The Kier molecular flexibility index (Phi) is 5.33. The van der Waals surface area contributed by atoms with Crippen molar-refractivity contribution in [3.8, 4) is 0 Å². The molecule has 2 aromatic rings. The first-order valence-corrected chi connectivity index (χ1v) is 7.34. The van der Waals surface area contributed by atoms with Gasteiger partial charge in [-0.25, -0.2) is 4.79 Å². The molecule has 1 aromatic carbocycles. The molecular weight excluding hydrogens is 282 g/mol. The van der Waals surface area contributed by atoms with Crippen LogP contribution in [0.15, 0.2) is 39.5 Å². The van der Waals surface area contributed by atoms with Crippen molar-refractivity contribution in [2.45, 2.75) is 13.8 Å². The van der Waals surface area contributed by atoms with Gasteiger partial charge in [-0.05, 0) is 18.1 Å². The molecule has 0 aliphatic rings. The van der Waals surface area contributed by atoms with Crippen LogP contribution in [0.2, 0.25) is 0 Å². The molecule has 1 aromatic heterocycles. The Hall–Kier alpha value is -2.14. The van der Waals surface area contributed by atoms with Crippen molar-refractivity contribution in [1.29, 1.82) is 0 Å². The van der Waals surface area contributed by atoms with Gasteiger partial charge in [0.2, 0.25) is 0 Å². The first-order chi connectivity index (χ1) is 10.5. The summed E-state index contributed by atoms with van der Waals surface area (Å²) in [7, 11) is 1.59. The second-order valence-electron chi connectivity index (χ2n) is 5.62. The molecule has 5 nitrogen and oxygen atoms in total. The number of nitrogens with zero attached hydrogens (tertiary/aromatic N) is 1. The van der Waals surface area contributed by atoms with Gasteiger partial charge < -0.3 is 14.1 Å². The summed E-state index contributed by atoms with van der Waals surface area (Å²) in [5.74, 6) is -0.0152. The third-order valence-corrected chi connectivity index (χ3v) is 3.31. The molecule has 1 heterocycles. The standard InChI is InChI=1S/C17H21NO4/c1-12(2)11-18(8-9-21-3)16(19)14-10-13-6-4-5-7-15(13)22-17(14)20/h4-7,10,12H,8-9,11H2,1-3H3. The number of rotatable bonds is 6. The van der Waals surface area contributed by atoms with Crippen LogP contribution in [0, 0.1) is 5.92 Å². The predicted molar refractivity (Wildman–Crippen MR) is 85.1 cm³/mol. The van der Waals surface area contributed by atoms with Crippen LogP contribution >= 0.6 is 0 Å². The van der Waals surface area contributed by atoms with E-state index in [0.717, 1.165) is 5.39 Å². The molecule has 22 heavy (non-hydrogen) atoms. The van der Waals surface area contributed by atoms with Gasteiger partial charge in [-0.1, -0.05) is 32.0 Å². The molecule has 0 aliphatic heterocycles. The van der Waals surface area contributed by atoms with Gasteiger partial charge in [-0.2, -0.15) is 0 Å². The fourth-order valence-electron chi connectivity index (χ4n) is 2.30. The second-order valence-corrected chi connectivity index (χ2v) is 5.62. The molecular formula is C17H21NO4. The molecule has 0 N–H and O–H groups in total. The van der Waals surface area contributed by atoms with E-state index >= 15 is 0 Å². The lowest BCUT2D eigenvalue weighted by atomic mass is 10.1. The summed E-state index contributed by atoms with van der Waals surface area (Å²) < 4.78 is 10.3. The molecule has 0 bridgehead atoms. The van der Waals surface area contributed by atoms with Crippen LogP contribution in [-0.4, -0.2) is 37.6 Å². The zero-order chi connectivity index (χ0) is 16.1. The Labute approximate surface area is 129 Å². The van der Waals surface area contributed by atoms with Crippen molar-refractivity contribution in [1.82, 2.24) is 4.90 Å². The highest BCUT2D eigenvalue weighted by Crippen LogP contribution is 2.14. The summed E-state index contributed by atoms with van der Waals surface area (Å²) in [5.41, 5.74) is -0.0540. The van der Waals surface area contributed by atoms with Crippen molar-refractivity contribution >= 4 is 16.9 Å². The molecule has 0 unspecified atom stereocenters. The van der Waals surface area contributed by atoms with Gasteiger partial charge in [0, 0.05) is 25.6 Å². The maximum absolute atomic E-state index is 12.7. The van der Waals surface area contributed by atoms with Crippen molar-refractivity contribution in [2.24, 2.45) is 5.92 Å². The number of methoxy groups -OCH3 is 1. The van der Waals surface area contributed by atoms with Crippen molar-refractivity contribution in [2.75, 3.05) is 26.8 Å². The summed E-state index contributed by atoms with van der Waals surface area (Å²) in [5, 5.41) is 0.738. The van der Waals surface area contributed by atoms with E-state index in [1.807, 2.05) is 26.0 Å². The number of para-hydroxylation sites is 1. The summed E-state index contributed by atoms with van der Waals surface area (Å²) in [6.07, 6.45) is 0. The van der Waals surface area contributed by atoms with Gasteiger partial charge in [-0.3, -0.25) is 4.79 Å². The van der Waals surface area contributed by atoms with E-state index in [4.69, 9.17) is 9.15 Å². The van der Waals surface area contributed by atoms with E-state index in [1.165, 1.54) is 0 Å². The smallest absolute Gasteiger partial charge is 0.349 e. The van der Waals surface area contributed by atoms with Crippen LogP contribution in [-0.2, 0) is 4.74 Å². The molecule has 118 valence electrons. The van der Waals surface area contributed by atoms with Gasteiger partial charge in [0.1, 0.15) is 11.1 Å². The molecule has 5 heteroatoms. The molecule has 0 radical (unpaired) electrons. The Balaban J connectivity index is 2.36. The highest BCUT2D eigenvalue weighted by Gasteiger charge is 2.21. The van der Waals surface area contributed by atoms with Crippen LogP contribution in [0.5, 0.6) is 0 Å². The number of carbonyl (C=O) groups is 1. The fraction of sp³-hybridized carbons (Fsp3) is 0.412. The van der Waals surface area contributed by atoms with Crippen LogP contribution in [0.25, 0.3) is 11.0 Å². The third-order valence-electron chi connectivity index (χ3n) is 3.31. The number of hydrogen-bond donors (Lipinski definition) is 0. The third kappa shape index (κ3) is 3.74. The number of ether oxygens (including phenoxy) is 1. The maximum Gasteiger partial charge on any atom is 0.349 e. The van der Waals surface area contributed by atoms with E-state index in [0.29, 0.717) is 31.2 Å². The van der Waals surface area contributed by atoms with E-state index < -0.39 is 5.63 Å². The maximum atomic E-state index is 12.7. The van der Waals surface area contributed by atoms with Crippen LogP contribution in [0.4, 0.5) is 0 Å². The second kappa shape index (κ2) is 7.22. The summed E-state index contributed by atoms with van der Waals surface area (Å²) >= 11 is 0. The van der Waals surface area contributed by atoms with E-state index in [2.05, 4.69) is 0 Å². The van der Waals surface area contributed by atoms with Crippen molar-refractivity contribution in [3.63, 3.8) is 0 Å². The van der Waals surface area contributed by atoms with Gasteiger partial charge in [0.05, 0.1) is 6.61 Å². The molecule has 0 fully saturated rings. The van der Waals surface area contributed by atoms with Gasteiger partial charge >= 0.3 is 5.63 Å². The van der Waals surface area contributed by atoms with Crippen molar-refractivity contribution < 1.29 is 13.9 Å². The Morgan fingerprint density at radius 2 is 2.05 bits per heavy atom. The molecule has 0 spiro atoms. The number of benzene rings is 1. The minimum absolute atomic E-state index is 0.0652. The van der Waals surface area contributed by atoms with Gasteiger partial charge in [0.25, 0.3) is 5.91 Å². The molecule has 0 atom stereocenters. The highest BCUT2D eigenvalue weighted by atomic mass is 16.5. The molecule has 0 aliphatic carbocycles. The fourth-order valence-corrected chi connectivity index (χ4v) is 2.30. The molecule has 2 rings (SSSR count). The summed E-state index contributed by atoms with van der Waals surface area (Å²) in [4.78, 5) is 26.4. The van der Waals surface area contributed by atoms with Crippen LogP contribution in [0.1, 0.15) is 24.2 Å². The average Bonchev–Trinajstić information content (AvgIpc) is 2.49. The van der Waals surface area contributed by atoms with Gasteiger partial charge in [0.15, 0.2) is 0 Å². The van der Waals surface area contributed by atoms with E-state index in [9.17, 15) is 9.59 Å². The minimum atomic E-state index is -0.602. The Morgan fingerprint density at radius 3 is 2.73 bits per heavy atom. The highest BCUT2D eigenvalue weighted by molar-refractivity contribution is 5.96. The van der Waals surface area contributed by atoms with E-state index in [-0.39, 0.29) is 11.5 Å². The van der Waals surface area contributed by atoms with Gasteiger partial charge in [-0.15, -0.1) is 0 Å². The van der Waals surface area contributed by atoms with E-state index in [1.54, 1.807) is 30.2 Å². The van der Waals surface area contributed by atoms with Crippen LogP contribution in [0.3, 0.4) is 0 Å². The number of hydrogen-bond acceptors (Lipinski definition) is 4. The zero-order valence-electron chi connectivity index (χ0n) is 13.2. The first kappa shape index (κ1) is 16.2. The summed E-state index contributed by atoms with van der Waals surface area (Å²) in [6, 6.07) is 8.76. The quantitative estimate of drug-likeness (QED) is 0.769. The lowest BCUT2D eigenvalue weighted by Gasteiger charge is -2.24. The predicted octanol–water partition coefficient (Wildman–Crippen LogP) is 2.54. The van der Waals surface area contributed by atoms with Crippen molar-refractivity contribution in [3.05, 3.63) is 46.3 Å². The molecule has 0 saturated carbocycles. The number of fused-ring (bicyclic) bond motifs is 1. The average molecular weight is 303 g/mol. The SMILES string of the molecule is COCCN(CC(C)C)C(=O)c1cc2ccccc2oc1=O. The number of carbonyl (C=O) groups excluding carboxylic acids is 1. The minimum Gasteiger partial charge on any atom is -0.422 e. The normalized spacial score (nSPS) is 11.1. The largest absolute Gasteiger partial charge is 0.422 e. The Morgan fingerprint density at radius 1 is 1.32 bits per heavy atom. The first-order valence-electron chi connectivity index (χ1n) is 7.34. The summed E-state index contributed by atoms with van der Waals surface area (Å²) in [6.45, 7) is 5.48. The topological polar surface area (TPSA) is 59.8 Å². The lowest BCUT2D eigenvalue weighted by Crippen LogP contribution is -2.38. The monoisotopic (exact) mass is 303 g/mol. The molecule has 0 saturated heterocycles. The lowest BCUT2D eigenvalue weighted by molar-refractivity contribution is 0.0668. The molecule has 1 amide bonds. The number of amides is 1. The zero-order valence-corrected chi connectivity index (χ0v) is 13.2.